The second-order valence-corrected chi connectivity index (χ2v) is 9.35. The molecule has 4 rings (SSSR count). The Hall–Kier alpha value is -2.58. The normalized spacial score (nSPS) is 17.2. The summed E-state index contributed by atoms with van der Waals surface area (Å²) in [7, 11) is 0. The Morgan fingerprint density at radius 2 is 2.06 bits per heavy atom. The standard InChI is InChI=1S/C23H29N5O2S/c1-16(2)28-21(11-12-25-28)26-22(29)17(3)31-23-24-14-20(18-8-5-4-6-9-18)27(23)15-19-10-7-13-30-19/h4-6,8-9,11-12,14,16-17,19H,7,10,13,15H2,1-3H3,(H,26,29). The fraction of sp³-hybridized carbons (Fsp3) is 0.435. The summed E-state index contributed by atoms with van der Waals surface area (Å²) < 4.78 is 9.88. The van der Waals surface area contributed by atoms with E-state index in [-0.39, 0.29) is 23.3 Å². The van der Waals surface area contributed by atoms with Crippen LogP contribution in [0.25, 0.3) is 11.3 Å². The van der Waals surface area contributed by atoms with Gasteiger partial charge in [0.05, 0.1) is 36.0 Å². The van der Waals surface area contributed by atoms with Gasteiger partial charge >= 0.3 is 0 Å². The minimum absolute atomic E-state index is 0.0691. The molecule has 1 aromatic carbocycles. The van der Waals surface area contributed by atoms with Crippen molar-refractivity contribution in [3.8, 4) is 11.3 Å². The number of amides is 1. The molecule has 2 atom stereocenters. The molecule has 0 saturated carbocycles. The number of benzene rings is 1. The van der Waals surface area contributed by atoms with Crippen molar-refractivity contribution < 1.29 is 9.53 Å². The van der Waals surface area contributed by atoms with Crippen molar-refractivity contribution in [1.29, 1.82) is 0 Å². The van der Waals surface area contributed by atoms with Crippen molar-refractivity contribution in [2.24, 2.45) is 0 Å². The molecule has 0 bridgehead atoms. The number of carbonyl (C=O) groups is 1. The van der Waals surface area contributed by atoms with Crippen molar-refractivity contribution >= 4 is 23.5 Å². The Morgan fingerprint density at radius 1 is 1.26 bits per heavy atom. The lowest BCUT2D eigenvalue weighted by Gasteiger charge is -2.18. The van der Waals surface area contributed by atoms with E-state index in [0.29, 0.717) is 5.82 Å². The van der Waals surface area contributed by atoms with Crippen LogP contribution < -0.4 is 5.32 Å². The van der Waals surface area contributed by atoms with Crippen LogP contribution in [0.5, 0.6) is 0 Å². The molecular weight excluding hydrogens is 410 g/mol. The second-order valence-electron chi connectivity index (χ2n) is 8.04. The highest BCUT2D eigenvalue weighted by molar-refractivity contribution is 8.00. The molecule has 31 heavy (non-hydrogen) atoms. The first-order valence-corrected chi connectivity index (χ1v) is 11.6. The highest BCUT2D eigenvalue weighted by atomic mass is 32.2. The highest BCUT2D eigenvalue weighted by Gasteiger charge is 2.24. The number of rotatable bonds is 8. The van der Waals surface area contributed by atoms with Crippen LogP contribution >= 0.6 is 11.8 Å². The van der Waals surface area contributed by atoms with E-state index in [4.69, 9.17) is 4.74 Å². The topological polar surface area (TPSA) is 74.0 Å². The summed E-state index contributed by atoms with van der Waals surface area (Å²) in [4.78, 5) is 17.6. The third-order valence-electron chi connectivity index (χ3n) is 5.36. The molecule has 3 aromatic rings. The van der Waals surface area contributed by atoms with Gasteiger partial charge in [-0.2, -0.15) is 5.10 Å². The third kappa shape index (κ3) is 5.02. The van der Waals surface area contributed by atoms with Gasteiger partial charge in [0.2, 0.25) is 5.91 Å². The van der Waals surface area contributed by atoms with Gasteiger partial charge in [-0.25, -0.2) is 9.67 Å². The first-order chi connectivity index (χ1) is 15.0. The van der Waals surface area contributed by atoms with E-state index >= 15 is 0 Å². The van der Waals surface area contributed by atoms with Crippen molar-refractivity contribution in [1.82, 2.24) is 19.3 Å². The Balaban J connectivity index is 1.53. The predicted octanol–water partition coefficient (Wildman–Crippen LogP) is 4.63. The van der Waals surface area contributed by atoms with Gasteiger partial charge in [-0.1, -0.05) is 42.1 Å². The van der Waals surface area contributed by atoms with Crippen molar-refractivity contribution in [2.45, 2.75) is 62.7 Å². The number of imidazole rings is 1. The molecule has 1 N–H and O–H groups in total. The molecule has 3 heterocycles. The fourth-order valence-electron chi connectivity index (χ4n) is 3.72. The van der Waals surface area contributed by atoms with Gasteiger partial charge in [0.1, 0.15) is 5.82 Å². The molecule has 0 radical (unpaired) electrons. The van der Waals surface area contributed by atoms with E-state index in [1.807, 2.05) is 51.2 Å². The van der Waals surface area contributed by atoms with Crippen LogP contribution in [-0.2, 0) is 16.1 Å². The van der Waals surface area contributed by atoms with Crippen LogP contribution in [0.1, 0.15) is 39.7 Å². The molecule has 1 aliphatic heterocycles. The summed E-state index contributed by atoms with van der Waals surface area (Å²) in [5, 5.41) is 7.80. The van der Waals surface area contributed by atoms with Gasteiger partial charge in [0.25, 0.3) is 0 Å². The molecule has 2 unspecified atom stereocenters. The number of hydrogen-bond acceptors (Lipinski definition) is 5. The molecule has 2 aromatic heterocycles. The molecule has 1 aliphatic rings. The molecule has 1 fully saturated rings. The maximum Gasteiger partial charge on any atom is 0.238 e. The highest BCUT2D eigenvalue weighted by Crippen LogP contribution is 2.30. The van der Waals surface area contributed by atoms with Crippen LogP contribution in [-0.4, -0.2) is 43.2 Å². The average Bonchev–Trinajstić information content (AvgIpc) is 3.51. The van der Waals surface area contributed by atoms with Gasteiger partial charge in [-0.15, -0.1) is 0 Å². The van der Waals surface area contributed by atoms with Crippen LogP contribution in [0.4, 0.5) is 5.82 Å². The SMILES string of the molecule is CC(Sc1ncc(-c2ccccc2)n1CC1CCCO1)C(=O)Nc1ccnn1C(C)C. The first kappa shape index (κ1) is 21.6. The molecule has 0 aliphatic carbocycles. The average molecular weight is 440 g/mol. The molecule has 0 spiro atoms. The van der Waals surface area contributed by atoms with Crippen LogP contribution in [0.2, 0.25) is 0 Å². The molecular formula is C23H29N5O2S. The molecule has 7 nitrogen and oxygen atoms in total. The molecule has 1 amide bonds. The Labute approximate surface area is 187 Å². The lowest BCUT2D eigenvalue weighted by atomic mass is 10.1. The zero-order valence-electron chi connectivity index (χ0n) is 18.2. The number of nitrogens with one attached hydrogen (secondary N) is 1. The number of nitrogens with zero attached hydrogens (tertiary/aromatic N) is 4. The van der Waals surface area contributed by atoms with Gasteiger partial charge in [-0.3, -0.25) is 4.79 Å². The number of hydrogen-bond donors (Lipinski definition) is 1. The largest absolute Gasteiger partial charge is 0.376 e. The summed E-state index contributed by atoms with van der Waals surface area (Å²) in [5.74, 6) is 0.639. The number of aromatic nitrogens is 4. The minimum Gasteiger partial charge on any atom is -0.376 e. The quantitative estimate of drug-likeness (QED) is 0.518. The minimum atomic E-state index is -0.315. The summed E-state index contributed by atoms with van der Waals surface area (Å²) in [5.41, 5.74) is 2.15. The first-order valence-electron chi connectivity index (χ1n) is 10.8. The molecule has 164 valence electrons. The van der Waals surface area contributed by atoms with Gasteiger partial charge in [0, 0.05) is 18.7 Å². The zero-order valence-corrected chi connectivity index (χ0v) is 19.0. The van der Waals surface area contributed by atoms with Crippen LogP contribution in [0, 0.1) is 0 Å². The Bertz CT molecular complexity index is 1010. The number of anilines is 1. The van der Waals surface area contributed by atoms with Crippen LogP contribution in [0.3, 0.4) is 0 Å². The lowest BCUT2D eigenvalue weighted by molar-refractivity contribution is -0.115. The van der Waals surface area contributed by atoms with E-state index in [2.05, 4.69) is 32.1 Å². The number of ether oxygens (including phenoxy) is 1. The summed E-state index contributed by atoms with van der Waals surface area (Å²) in [6, 6.07) is 12.2. The van der Waals surface area contributed by atoms with Crippen molar-refractivity contribution in [3.05, 3.63) is 48.8 Å². The monoisotopic (exact) mass is 439 g/mol. The van der Waals surface area contributed by atoms with E-state index in [1.165, 1.54) is 11.8 Å². The predicted molar refractivity (Wildman–Crippen MR) is 123 cm³/mol. The number of thioether (sulfide) groups is 1. The number of carbonyl (C=O) groups excluding carboxylic acids is 1. The zero-order chi connectivity index (χ0) is 21.8. The second kappa shape index (κ2) is 9.70. The Kier molecular flexibility index (Phi) is 6.77. The maximum atomic E-state index is 12.9. The summed E-state index contributed by atoms with van der Waals surface area (Å²) >= 11 is 1.47. The molecule has 8 heteroatoms. The van der Waals surface area contributed by atoms with Crippen molar-refractivity contribution in [2.75, 3.05) is 11.9 Å². The summed E-state index contributed by atoms with van der Waals surface area (Å²) in [6.07, 6.45) is 5.91. The van der Waals surface area contributed by atoms with Crippen molar-refractivity contribution in [3.63, 3.8) is 0 Å². The fourth-order valence-corrected chi connectivity index (χ4v) is 4.62. The van der Waals surface area contributed by atoms with Crippen LogP contribution in [0.15, 0.2) is 53.9 Å². The smallest absolute Gasteiger partial charge is 0.238 e. The van der Waals surface area contributed by atoms with E-state index in [0.717, 1.165) is 42.4 Å². The van der Waals surface area contributed by atoms with Gasteiger partial charge < -0.3 is 14.6 Å². The van der Waals surface area contributed by atoms with Gasteiger partial charge in [-0.05, 0) is 39.2 Å². The van der Waals surface area contributed by atoms with E-state index in [9.17, 15) is 4.79 Å². The molecule has 1 saturated heterocycles. The lowest BCUT2D eigenvalue weighted by Crippen LogP contribution is -2.25. The van der Waals surface area contributed by atoms with Gasteiger partial charge in [0.15, 0.2) is 5.16 Å². The van der Waals surface area contributed by atoms with E-state index < -0.39 is 0 Å². The third-order valence-corrected chi connectivity index (χ3v) is 6.47. The maximum absolute atomic E-state index is 12.9. The summed E-state index contributed by atoms with van der Waals surface area (Å²) in [6.45, 7) is 7.52. The Morgan fingerprint density at radius 3 is 2.77 bits per heavy atom. The van der Waals surface area contributed by atoms with E-state index in [1.54, 1.807) is 10.9 Å².